The van der Waals surface area contributed by atoms with E-state index in [2.05, 4.69) is 52.8 Å². The third-order valence-corrected chi connectivity index (χ3v) is 3.63. The number of unbranched alkanes of at least 4 members (excludes halogenated alkanes) is 2. The number of benzene rings is 1. The van der Waals surface area contributed by atoms with Crippen molar-refractivity contribution in [2.45, 2.75) is 78.6 Å². The predicted octanol–water partition coefficient (Wildman–Crippen LogP) is 5.67. The summed E-state index contributed by atoms with van der Waals surface area (Å²) in [6.45, 7) is 11.6. The molecule has 0 amide bonds. The van der Waals surface area contributed by atoms with E-state index in [1.54, 1.807) is 16.7 Å². The van der Waals surface area contributed by atoms with Crippen LogP contribution in [-0.4, -0.2) is 0 Å². The van der Waals surface area contributed by atoms with Gasteiger partial charge in [-0.05, 0) is 41.4 Å². The second-order valence-corrected chi connectivity index (χ2v) is 6.40. The van der Waals surface area contributed by atoms with Gasteiger partial charge in [0.2, 0.25) is 0 Å². The summed E-state index contributed by atoms with van der Waals surface area (Å²) in [5.41, 5.74) is 5.05. The van der Waals surface area contributed by atoms with E-state index in [9.17, 15) is 0 Å². The van der Waals surface area contributed by atoms with Crippen molar-refractivity contribution in [1.29, 1.82) is 0 Å². The Labute approximate surface area is 114 Å². The molecule has 0 aromatic heterocycles. The highest BCUT2D eigenvalue weighted by molar-refractivity contribution is 5.39. The maximum absolute atomic E-state index is 2.33. The molecular weight excluding hydrogens is 216 g/mol. The summed E-state index contributed by atoms with van der Waals surface area (Å²) in [4.78, 5) is 0. The molecule has 1 rings (SSSR count). The Morgan fingerprint density at radius 2 is 1.61 bits per heavy atom. The fraction of sp³-hybridized carbons (Fsp3) is 0.667. The van der Waals surface area contributed by atoms with Gasteiger partial charge in [0.05, 0.1) is 0 Å². The second kappa shape index (κ2) is 6.97. The van der Waals surface area contributed by atoms with Gasteiger partial charge in [0.1, 0.15) is 0 Å². The zero-order valence-corrected chi connectivity index (χ0v) is 13.0. The van der Waals surface area contributed by atoms with Gasteiger partial charge in [0.25, 0.3) is 0 Å². The molecule has 0 radical (unpaired) electrons. The van der Waals surface area contributed by atoms with E-state index in [0.717, 1.165) is 0 Å². The van der Waals surface area contributed by atoms with Crippen molar-refractivity contribution >= 4 is 0 Å². The molecule has 0 heteroatoms. The summed E-state index contributed by atoms with van der Waals surface area (Å²) in [6.07, 6.45) is 7.72. The number of hydrogen-bond acceptors (Lipinski definition) is 0. The summed E-state index contributed by atoms with van der Waals surface area (Å²) >= 11 is 0. The van der Waals surface area contributed by atoms with Gasteiger partial charge in [0, 0.05) is 0 Å². The lowest BCUT2D eigenvalue weighted by molar-refractivity contribution is 0.575. The Hall–Kier alpha value is -0.780. The largest absolute Gasteiger partial charge is 0.0654 e. The van der Waals surface area contributed by atoms with Crippen molar-refractivity contribution < 1.29 is 0 Å². The van der Waals surface area contributed by atoms with Gasteiger partial charge in [-0.15, -0.1) is 0 Å². The van der Waals surface area contributed by atoms with Crippen molar-refractivity contribution in [3.63, 3.8) is 0 Å². The molecule has 0 aliphatic carbocycles. The van der Waals surface area contributed by atoms with Crippen molar-refractivity contribution in [2.75, 3.05) is 0 Å². The molecule has 1 aromatic rings. The molecule has 18 heavy (non-hydrogen) atoms. The van der Waals surface area contributed by atoms with Crippen LogP contribution in [0.25, 0.3) is 0 Å². The Balaban J connectivity index is 3.04. The van der Waals surface area contributed by atoms with Crippen molar-refractivity contribution in [3.05, 3.63) is 34.9 Å². The van der Waals surface area contributed by atoms with Gasteiger partial charge in [-0.3, -0.25) is 0 Å². The Morgan fingerprint density at radius 1 is 0.889 bits per heavy atom. The van der Waals surface area contributed by atoms with Gasteiger partial charge < -0.3 is 0 Å². The van der Waals surface area contributed by atoms with E-state index in [-0.39, 0.29) is 5.41 Å². The van der Waals surface area contributed by atoms with Crippen molar-refractivity contribution in [3.8, 4) is 0 Å². The van der Waals surface area contributed by atoms with Crippen LogP contribution in [0, 0.1) is 0 Å². The molecule has 0 fully saturated rings. The molecular formula is C18H30. The molecule has 1 aromatic carbocycles. The molecule has 102 valence electrons. The monoisotopic (exact) mass is 246 g/mol. The number of rotatable bonds is 6. The molecule has 0 saturated heterocycles. The first kappa shape index (κ1) is 15.3. The van der Waals surface area contributed by atoms with Gasteiger partial charge in [0.15, 0.2) is 0 Å². The van der Waals surface area contributed by atoms with Crippen LogP contribution in [-0.2, 0) is 18.3 Å². The Bertz CT molecular complexity index is 355. The minimum Gasteiger partial charge on any atom is -0.0654 e. The van der Waals surface area contributed by atoms with Gasteiger partial charge in [-0.1, -0.05) is 72.1 Å². The van der Waals surface area contributed by atoms with Crippen LogP contribution in [0.2, 0.25) is 0 Å². The molecule has 0 spiro atoms. The summed E-state index contributed by atoms with van der Waals surface area (Å²) in [5.74, 6) is 0. The number of aryl methyl sites for hydroxylation is 1. The van der Waals surface area contributed by atoms with Crippen molar-refractivity contribution in [2.24, 2.45) is 0 Å². The molecule has 0 aliphatic heterocycles. The van der Waals surface area contributed by atoms with E-state index in [0.29, 0.717) is 0 Å². The van der Waals surface area contributed by atoms with Gasteiger partial charge in [-0.2, -0.15) is 0 Å². The minimum atomic E-state index is 0.269. The summed E-state index contributed by atoms with van der Waals surface area (Å²) in [6, 6.07) is 6.91. The Morgan fingerprint density at radius 3 is 2.17 bits per heavy atom. The van der Waals surface area contributed by atoms with Crippen LogP contribution in [0.5, 0.6) is 0 Å². The summed E-state index contributed by atoms with van der Waals surface area (Å²) in [7, 11) is 0. The normalized spacial score (nSPS) is 11.8. The maximum Gasteiger partial charge on any atom is -0.0129 e. The minimum absolute atomic E-state index is 0.269. The first-order chi connectivity index (χ1) is 8.50. The van der Waals surface area contributed by atoms with E-state index >= 15 is 0 Å². The highest BCUT2D eigenvalue weighted by Gasteiger charge is 2.19. The quantitative estimate of drug-likeness (QED) is 0.567. The summed E-state index contributed by atoms with van der Waals surface area (Å²) in [5, 5.41) is 0. The van der Waals surface area contributed by atoms with E-state index in [1.165, 1.54) is 38.5 Å². The van der Waals surface area contributed by atoms with Gasteiger partial charge >= 0.3 is 0 Å². The van der Waals surface area contributed by atoms with Crippen LogP contribution in [0.3, 0.4) is 0 Å². The second-order valence-electron chi connectivity index (χ2n) is 6.40. The molecule has 0 atom stereocenters. The molecule has 0 heterocycles. The lowest BCUT2D eigenvalue weighted by atomic mass is 9.80. The summed E-state index contributed by atoms with van der Waals surface area (Å²) < 4.78 is 0. The standard InChI is InChI=1S/C18H30/c1-6-8-9-13-16-15(11-7-2)12-10-14-17(16)18(3,4)5/h10,12,14H,6-9,11,13H2,1-5H3. The van der Waals surface area contributed by atoms with E-state index in [1.807, 2.05) is 0 Å². The van der Waals surface area contributed by atoms with Crippen LogP contribution in [0.1, 0.15) is 77.0 Å². The molecule has 0 nitrogen and oxygen atoms in total. The molecule has 0 bridgehead atoms. The highest BCUT2D eigenvalue weighted by Crippen LogP contribution is 2.30. The fourth-order valence-corrected chi connectivity index (χ4v) is 2.69. The average molecular weight is 246 g/mol. The topological polar surface area (TPSA) is 0 Å². The third-order valence-electron chi connectivity index (χ3n) is 3.63. The highest BCUT2D eigenvalue weighted by atomic mass is 14.2. The maximum atomic E-state index is 2.33. The zero-order valence-electron chi connectivity index (χ0n) is 13.0. The Kier molecular flexibility index (Phi) is 5.91. The molecule has 0 saturated carbocycles. The van der Waals surface area contributed by atoms with Crippen molar-refractivity contribution in [1.82, 2.24) is 0 Å². The number of hydrogen-bond donors (Lipinski definition) is 0. The van der Waals surface area contributed by atoms with E-state index in [4.69, 9.17) is 0 Å². The van der Waals surface area contributed by atoms with Crippen LogP contribution in [0.15, 0.2) is 18.2 Å². The molecule has 0 N–H and O–H groups in total. The first-order valence-corrected chi connectivity index (χ1v) is 7.62. The predicted molar refractivity (Wildman–Crippen MR) is 82.4 cm³/mol. The lowest BCUT2D eigenvalue weighted by Gasteiger charge is -2.25. The lowest BCUT2D eigenvalue weighted by Crippen LogP contribution is -2.16. The van der Waals surface area contributed by atoms with Crippen LogP contribution < -0.4 is 0 Å². The van der Waals surface area contributed by atoms with Crippen LogP contribution in [0.4, 0.5) is 0 Å². The average Bonchev–Trinajstić information content (AvgIpc) is 2.30. The van der Waals surface area contributed by atoms with E-state index < -0.39 is 0 Å². The van der Waals surface area contributed by atoms with Crippen LogP contribution >= 0.6 is 0 Å². The third kappa shape index (κ3) is 4.15. The van der Waals surface area contributed by atoms with Gasteiger partial charge in [-0.25, -0.2) is 0 Å². The molecule has 0 unspecified atom stereocenters. The fourth-order valence-electron chi connectivity index (χ4n) is 2.69. The first-order valence-electron chi connectivity index (χ1n) is 7.62. The zero-order chi connectivity index (χ0) is 13.6. The smallest absolute Gasteiger partial charge is 0.0129 e. The molecule has 0 aliphatic rings. The SMILES string of the molecule is CCCCCc1c(CCC)cccc1C(C)(C)C.